The lowest BCUT2D eigenvalue weighted by Gasteiger charge is -2.14. The number of amides is 1. The molecule has 1 atom stereocenters. The van der Waals surface area contributed by atoms with Crippen LogP contribution in [0.5, 0.6) is 5.75 Å². The van der Waals surface area contributed by atoms with E-state index in [0.29, 0.717) is 17.5 Å². The van der Waals surface area contributed by atoms with Crippen molar-refractivity contribution in [3.8, 4) is 11.4 Å². The first-order valence-electron chi connectivity index (χ1n) is 11.2. The molecule has 184 valence electrons. The molecular formula is C26H25FN6O2S. The van der Waals surface area contributed by atoms with Crippen LogP contribution >= 0.6 is 11.8 Å². The van der Waals surface area contributed by atoms with Gasteiger partial charge in [-0.05, 0) is 37.3 Å². The third-order valence-corrected chi connectivity index (χ3v) is 6.24. The molecule has 0 aliphatic carbocycles. The van der Waals surface area contributed by atoms with E-state index >= 15 is 0 Å². The molecule has 0 fully saturated rings. The number of rotatable bonds is 10. The molecule has 2 N–H and O–H groups in total. The summed E-state index contributed by atoms with van der Waals surface area (Å²) in [6.07, 6.45) is 1.28. The van der Waals surface area contributed by atoms with Crippen molar-refractivity contribution in [2.24, 2.45) is 5.10 Å². The smallest absolute Gasteiger partial charge is 0.253 e. The zero-order valence-electron chi connectivity index (χ0n) is 19.8. The number of benzene rings is 3. The van der Waals surface area contributed by atoms with Crippen LogP contribution < -0.4 is 15.5 Å². The van der Waals surface area contributed by atoms with Crippen LogP contribution in [0, 0.1) is 5.82 Å². The van der Waals surface area contributed by atoms with Gasteiger partial charge in [-0.3, -0.25) is 9.36 Å². The number of nitrogens with one attached hydrogen (secondary N) is 2. The van der Waals surface area contributed by atoms with E-state index in [4.69, 9.17) is 4.74 Å². The van der Waals surface area contributed by atoms with Crippen LogP contribution in [0.15, 0.2) is 89.1 Å². The molecule has 1 aromatic heterocycles. The molecule has 1 heterocycles. The van der Waals surface area contributed by atoms with Gasteiger partial charge in [0.1, 0.15) is 11.6 Å². The average Bonchev–Trinajstić information content (AvgIpc) is 3.31. The van der Waals surface area contributed by atoms with E-state index in [9.17, 15) is 9.18 Å². The molecule has 0 spiro atoms. The van der Waals surface area contributed by atoms with E-state index in [1.165, 1.54) is 24.0 Å². The predicted octanol–water partition coefficient (Wildman–Crippen LogP) is 4.66. The number of methoxy groups -OCH3 is 1. The van der Waals surface area contributed by atoms with Crippen molar-refractivity contribution in [3.63, 3.8) is 0 Å². The molecule has 0 saturated heterocycles. The molecule has 0 saturated carbocycles. The lowest BCUT2D eigenvalue weighted by atomic mass is 10.2. The van der Waals surface area contributed by atoms with Gasteiger partial charge in [0.2, 0.25) is 0 Å². The number of thioether (sulfide) groups is 1. The molecule has 0 aliphatic rings. The summed E-state index contributed by atoms with van der Waals surface area (Å²) >= 11 is 1.25. The van der Waals surface area contributed by atoms with E-state index in [-0.39, 0.29) is 11.5 Å². The van der Waals surface area contributed by atoms with Gasteiger partial charge in [0, 0.05) is 11.3 Å². The highest BCUT2D eigenvalue weighted by molar-refractivity contribution is 8.00. The zero-order valence-corrected chi connectivity index (χ0v) is 20.6. The molecule has 4 aromatic rings. The molecule has 0 bridgehead atoms. The fourth-order valence-electron chi connectivity index (χ4n) is 3.34. The van der Waals surface area contributed by atoms with Gasteiger partial charge < -0.3 is 10.1 Å². The monoisotopic (exact) mass is 504 g/mol. The summed E-state index contributed by atoms with van der Waals surface area (Å²) in [6, 6.07) is 23.5. The number of halogens is 1. The third-order valence-electron chi connectivity index (χ3n) is 5.19. The highest BCUT2D eigenvalue weighted by Gasteiger charge is 2.21. The minimum Gasteiger partial charge on any atom is -0.495 e. The Labute approximate surface area is 212 Å². The number of hydrazone groups is 1. The van der Waals surface area contributed by atoms with Crippen molar-refractivity contribution >= 4 is 29.6 Å². The summed E-state index contributed by atoms with van der Waals surface area (Å²) in [5.41, 5.74) is 4.45. The van der Waals surface area contributed by atoms with Crippen molar-refractivity contribution < 1.29 is 13.9 Å². The first-order valence-corrected chi connectivity index (χ1v) is 12.1. The molecule has 1 amide bonds. The molecule has 0 unspecified atom stereocenters. The highest BCUT2D eigenvalue weighted by atomic mass is 32.2. The standard InChI is InChI=1S/C26H25FN6O2S/c1-18(25(34)31-29-16-19-10-6-7-13-21(19)27)36-26-32-30-24(33(26)20-11-4-3-5-12-20)17-28-22-14-8-9-15-23(22)35-2/h3-16,18,28H,17H2,1-2H3,(H,31,34)/b29-16-/t18-/m1/s1. The second-order valence-corrected chi connectivity index (χ2v) is 8.95. The molecule has 36 heavy (non-hydrogen) atoms. The van der Waals surface area contributed by atoms with Gasteiger partial charge in [-0.25, -0.2) is 9.82 Å². The van der Waals surface area contributed by atoms with E-state index in [1.807, 2.05) is 59.2 Å². The summed E-state index contributed by atoms with van der Waals surface area (Å²) in [6.45, 7) is 2.13. The highest BCUT2D eigenvalue weighted by Crippen LogP contribution is 2.27. The fourth-order valence-corrected chi connectivity index (χ4v) is 4.22. The third kappa shape index (κ3) is 6.08. The minimum absolute atomic E-state index is 0.286. The van der Waals surface area contributed by atoms with Crippen LogP contribution in [-0.4, -0.2) is 39.2 Å². The van der Waals surface area contributed by atoms with Gasteiger partial charge in [-0.15, -0.1) is 10.2 Å². The quantitative estimate of drug-likeness (QED) is 0.185. The van der Waals surface area contributed by atoms with E-state index in [2.05, 4.69) is 26.0 Å². The largest absolute Gasteiger partial charge is 0.495 e. The van der Waals surface area contributed by atoms with Crippen LogP contribution in [0.4, 0.5) is 10.1 Å². The first-order chi connectivity index (χ1) is 17.6. The van der Waals surface area contributed by atoms with Gasteiger partial charge in [-0.1, -0.05) is 60.3 Å². The topological polar surface area (TPSA) is 93.4 Å². The molecule has 0 radical (unpaired) electrons. The van der Waals surface area contributed by atoms with Crippen LogP contribution in [0.2, 0.25) is 0 Å². The first kappa shape index (κ1) is 24.9. The van der Waals surface area contributed by atoms with Gasteiger partial charge in [0.25, 0.3) is 5.91 Å². The number of aromatic nitrogens is 3. The fraction of sp³-hybridized carbons (Fsp3) is 0.154. The van der Waals surface area contributed by atoms with Crippen LogP contribution in [0.1, 0.15) is 18.3 Å². The summed E-state index contributed by atoms with van der Waals surface area (Å²) in [7, 11) is 1.62. The second kappa shape index (κ2) is 12.0. The number of carbonyl (C=O) groups excluding carboxylic acids is 1. The maximum atomic E-state index is 13.7. The Balaban J connectivity index is 1.49. The number of anilines is 1. The summed E-state index contributed by atoms with van der Waals surface area (Å²) in [5.74, 6) is 0.630. The number of hydrogen-bond acceptors (Lipinski definition) is 7. The van der Waals surface area contributed by atoms with Gasteiger partial charge in [0.05, 0.1) is 30.8 Å². The van der Waals surface area contributed by atoms with E-state index in [0.717, 1.165) is 17.1 Å². The van der Waals surface area contributed by atoms with Gasteiger partial charge in [0.15, 0.2) is 11.0 Å². The lowest BCUT2D eigenvalue weighted by molar-refractivity contribution is -0.120. The van der Waals surface area contributed by atoms with Crippen LogP contribution in [-0.2, 0) is 11.3 Å². The van der Waals surface area contributed by atoms with Crippen molar-refractivity contribution in [1.82, 2.24) is 20.2 Å². The molecule has 0 aliphatic heterocycles. The summed E-state index contributed by atoms with van der Waals surface area (Å²) in [5, 5.41) is 16.0. The summed E-state index contributed by atoms with van der Waals surface area (Å²) < 4.78 is 21.1. The molecule has 4 rings (SSSR count). The number of ether oxygens (including phenoxy) is 1. The Morgan fingerprint density at radius 2 is 1.81 bits per heavy atom. The van der Waals surface area contributed by atoms with Crippen molar-refractivity contribution in [3.05, 3.63) is 96.1 Å². The average molecular weight is 505 g/mol. The Hall–Kier alpha value is -4.18. The maximum Gasteiger partial charge on any atom is 0.253 e. The normalized spacial score (nSPS) is 11.9. The SMILES string of the molecule is COc1ccccc1NCc1nnc(S[C@H](C)C(=O)N/N=C\c2ccccc2F)n1-c1ccccc1. The van der Waals surface area contributed by atoms with Crippen molar-refractivity contribution in [1.29, 1.82) is 0 Å². The predicted molar refractivity (Wildman–Crippen MR) is 139 cm³/mol. The van der Waals surface area contributed by atoms with Crippen LogP contribution in [0.25, 0.3) is 5.69 Å². The van der Waals surface area contributed by atoms with E-state index in [1.54, 1.807) is 32.2 Å². The Bertz CT molecular complexity index is 1350. The Morgan fingerprint density at radius 1 is 1.08 bits per heavy atom. The number of hydrogen-bond donors (Lipinski definition) is 2. The number of para-hydroxylation sites is 3. The molecule has 8 nitrogen and oxygen atoms in total. The van der Waals surface area contributed by atoms with Crippen molar-refractivity contribution in [2.75, 3.05) is 12.4 Å². The lowest BCUT2D eigenvalue weighted by Crippen LogP contribution is -2.27. The van der Waals surface area contributed by atoms with Crippen molar-refractivity contribution in [2.45, 2.75) is 23.9 Å². The maximum absolute atomic E-state index is 13.7. The van der Waals surface area contributed by atoms with Gasteiger partial charge in [-0.2, -0.15) is 5.10 Å². The molecule has 10 heteroatoms. The van der Waals surface area contributed by atoms with E-state index < -0.39 is 11.1 Å². The molecule has 3 aromatic carbocycles. The molecular weight excluding hydrogens is 479 g/mol. The van der Waals surface area contributed by atoms with Gasteiger partial charge >= 0.3 is 0 Å². The second-order valence-electron chi connectivity index (χ2n) is 7.64. The van der Waals surface area contributed by atoms with Crippen LogP contribution in [0.3, 0.4) is 0 Å². The summed E-state index contributed by atoms with van der Waals surface area (Å²) in [4.78, 5) is 12.6. The number of carbonyl (C=O) groups is 1. The Kier molecular flexibility index (Phi) is 8.30. The zero-order chi connectivity index (χ0) is 25.3. The Morgan fingerprint density at radius 3 is 2.58 bits per heavy atom. The number of nitrogens with zero attached hydrogens (tertiary/aromatic N) is 4. The minimum atomic E-state index is -0.538.